The summed E-state index contributed by atoms with van der Waals surface area (Å²) in [5.41, 5.74) is -1.06. The third-order valence-corrected chi connectivity index (χ3v) is 3.22. The minimum Gasteiger partial charge on any atom is -0.481 e. The molecule has 0 radical (unpaired) electrons. The lowest BCUT2D eigenvalue weighted by atomic mass is 9.84. The van der Waals surface area contributed by atoms with Crippen molar-refractivity contribution in [3.05, 3.63) is 23.9 Å². The van der Waals surface area contributed by atoms with Crippen LogP contribution in [0.2, 0.25) is 0 Å². The maximum Gasteiger partial charge on any atom is 0.419 e. The summed E-state index contributed by atoms with van der Waals surface area (Å²) in [6, 6.07) is 2.22. The molecule has 0 aliphatic rings. The smallest absolute Gasteiger partial charge is 0.419 e. The number of alkyl halides is 3. The zero-order chi connectivity index (χ0) is 16.1. The number of hydrogen-bond acceptors (Lipinski definition) is 3. The van der Waals surface area contributed by atoms with Gasteiger partial charge in [0.2, 0.25) is 0 Å². The van der Waals surface area contributed by atoms with E-state index in [1.54, 1.807) is 0 Å². The third kappa shape index (κ3) is 6.01. The molecule has 2 N–H and O–H groups in total. The van der Waals surface area contributed by atoms with Crippen LogP contribution in [0.15, 0.2) is 18.3 Å². The fourth-order valence-electron chi connectivity index (χ4n) is 1.86. The second-order valence-corrected chi connectivity index (χ2v) is 5.63. The Kier molecular flexibility index (Phi) is 5.57. The average Bonchev–Trinajstić information content (AvgIpc) is 2.36. The van der Waals surface area contributed by atoms with Crippen molar-refractivity contribution in [3.63, 3.8) is 0 Å². The van der Waals surface area contributed by atoms with Gasteiger partial charge in [-0.2, -0.15) is 13.2 Å². The molecule has 0 saturated heterocycles. The molecule has 7 heteroatoms. The molecule has 0 saturated carbocycles. The molecule has 0 spiro atoms. The first-order chi connectivity index (χ1) is 9.62. The van der Waals surface area contributed by atoms with Crippen LogP contribution in [0.1, 0.15) is 38.7 Å². The summed E-state index contributed by atoms with van der Waals surface area (Å²) in [5, 5.41) is 11.3. The molecule has 0 amide bonds. The molecule has 0 bridgehead atoms. The van der Waals surface area contributed by atoms with Gasteiger partial charge in [-0.15, -0.1) is 0 Å². The third-order valence-electron chi connectivity index (χ3n) is 3.22. The highest BCUT2D eigenvalue weighted by molar-refractivity contribution is 5.66. The van der Waals surface area contributed by atoms with Crippen LogP contribution < -0.4 is 5.32 Å². The molecule has 0 aliphatic heterocycles. The van der Waals surface area contributed by atoms with E-state index in [1.165, 1.54) is 12.3 Å². The van der Waals surface area contributed by atoms with Gasteiger partial charge in [-0.25, -0.2) is 4.98 Å². The maximum atomic E-state index is 12.8. The molecular formula is C14H19F3N2O2. The van der Waals surface area contributed by atoms with Crippen molar-refractivity contribution in [3.8, 4) is 0 Å². The quantitative estimate of drug-likeness (QED) is 0.804. The minimum atomic E-state index is -4.45. The van der Waals surface area contributed by atoms with Crippen molar-refractivity contribution >= 4 is 11.8 Å². The van der Waals surface area contributed by atoms with E-state index in [1.807, 2.05) is 13.8 Å². The van der Waals surface area contributed by atoms with Crippen molar-refractivity contribution in [1.82, 2.24) is 4.98 Å². The standard InChI is InChI=1S/C14H19F3N2O2/c1-13(2,6-5-11(20)21)7-9-19-12-10(14(15,16)17)4-3-8-18-12/h3-4,8H,5-7,9H2,1-2H3,(H,18,19)(H,20,21). The topological polar surface area (TPSA) is 62.2 Å². The number of hydrogen-bond donors (Lipinski definition) is 2. The number of nitrogens with zero attached hydrogens (tertiary/aromatic N) is 1. The van der Waals surface area contributed by atoms with Crippen molar-refractivity contribution in [2.24, 2.45) is 5.41 Å². The Balaban J connectivity index is 2.59. The first-order valence-corrected chi connectivity index (χ1v) is 6.60. The van der Waals surface area contributed by atoms with Crippen molar-refractivity contribution in [2.45, 2.75) is 39.3 Å². The van der Waals surface area contributed by atoms with E-state index in [4.69, 9.17) is 5.11 Å². The summed E-state index contributed by atoms with van der Waals surface area (Å²) in [7, 11) is 0. The Hall–Kier alpha value is -1.79. The van der Waals surface area contributed by atoms with Crippen LogP contribution in [0.25, 0.3) is 0 Å². The van der Waals surface area contributed by atoms with Gasteiger partial charge in [-0.1, -0.05) is 13.8 Å². The molecule has 1 aromatic rings. The molecule has 0 fully saturated rings. The normalized spacial score (nSPS) is 12.2. The molecule has 1 heterocycles. The predicted octanol–water partition coefficient (Wildman–Crippen LogP) is 3.79. The second-order valence-electron chi connectivity index (χ2n) is 5.63. The Bertz CT molecular complexity index is 487. The van der Waals surface area contributed by atoms with Gasteiger partial charge in [0, 0.05) is 19.2 Å². The number of nitrogens with one attached hydrogen (secondary N) is 1. The van der Waals surface area contributed by atoms with Gasteiger partial charge in [-0.05, 0) is 30.4 Å². The van der Waals surface area contributed by atoms with E-state index in [9.17, 15) is 18.0 Å². The van der Waals surface area contributed by atoms with E-state index in [2.05, 4.69) is 10.3 Å². The Morgan fingerprint density at radius 2 is 2.00 bits per heavy atom. The molecule has 118 valence electrons. The number of anilines is 1. The van der Waals surface area contributed by atoms with Crippen molar-refractivity contribution in [1.29, 1.82) is 0 Å². The molecule has 0 atom stereocenters. The van der Waals surface area contributed by atoms with Crippen LogP contribution in [0, 0.1) is 5.41 Å². The van der Waals surface area contributed by atoms with Gasteiger partial charge in [0.25, 0.3) is 0 Å². The summed E-state index contributed by atoms with van der Waals surface area (Å²) < 4.78 is 38.3. The van der Waals surface area contributed by atoms with Crippen LogP contribution in [0.5, 0.6) is 0 Å². The van der Waals surface area contributed by atoms with E-state index < -0.39 is 17.7 Å². The lowest BCUT2D eigenvalue weighted by Crippen LogP contribution is -2.20. The number of aromatic nitrogens is 1. The van der Waals surface area contributed by atoms with Crippen molar-refractivity contribution in [2.75, 3.05) is 11.9 Å². The van der Waals surface area contributed by atoms with Gasteiger partial charge < -0.3 is 10.4 Å². The molecule has 0 aliphatic carbocycles. The highest BCUT2D eigenvalue weighted by Gasteiger charge is 2.34. The number of pyridine rings is 1. The van der Waals surface area contributed by atoms with Crippen LogP contribution in [0.3, 0.4) is 0 Å². The zero-order valence-electron chi connectivity index (χ0n) is 12.0. The van der Waals surface area contributed by atoms with Crippen molar-refractivity contribution < 1.29 is 23.1 Å². The molecule has 21 heavy (non-hydrogen) atoms. The largest absolute Gasteiger partial charge is 0.481 e. The van der Waals surface area contributed by atoms with Crippen LogP contribution in [0.4, 0.5) is 19.0 Å². The van der Waals surface area contributed by atoms with Crippen LogP contribution in [-0.4, -0.2) is 22.6 Å². The van der Waals surface area contributed by atoms with Crippen LogP contribution >= 0.6 is 0 Å². The molecule has 1 rings (SSSR count). The first kappa shape index (κ1) is 17.3. The van der Waals surface area contributed by atoms with Gasteiger partial charge in [0.15, 0.2) is 0 Å². The number of aliphatic carboxylic acids is 1. The van der Waals surface area contributed by atoms with Gasteiger partial charge in [-0.3, -0.25) is 4.79 Å². The number of carboxylic acid groups (broad SMARTS) is 1. The fraction of sp³-hybridized carbons (Fsp3) is 0.571. The summed E-state index contributed by atoms with van der Waals surface area (Å²) in [4.78, 5) is 14.3. The maximum absolute atomic E-state index is 12.8. The summed E-state index contributed by atoms with van der Waals surface area (Å²) in [6.45, 7) is 4.08. The number of carboxylic acids is 1. The molecule has 4 nitrogen and oxygen atoms in total. The fourth-order valence-corrected chi connectivity index (χ4v) is 1.86. The van der Waals surface area contributed by atoms with Crippen LogP contribution in [-0.2, 0) is 11.0 Å². The summed E-state index contributed by atoms with van der Waals surface area (Å²) >= 11 is 0. The van der Waals surface area contributed by atoms with Gasteiger partial charge in [0.05, 0.1) is 5.56 Å². The second kappa shape index (κ2) is 6.78. The van der Waals surface area contributed by atoms with E-state index in [0.29, 0.717) is 19.4 Å². The number of halogens is 3. The van der Waals surface area contributed by atoms with E-state index in [0.717, 1.165) is 6.07 Å². The Morgan fingerprint density at radius 1 is 1.33 bits per heavy atom. The number of rotatable bonds is 7. The highest BCUT2D eigenvalue weighted by Crippen LogP contribution is 2.34. The minimum absolute atomic E-state index is 0.0460. The molecule has 0 unspecified atom stereocenters. The zero-order valence-corrected chi connectivity index (χ0v) is 12.0. The highest BCUT2D eigenvalue weighted by atomic mass is 19.4. The van der Waals surface area contributed by atoms with E-state index >= 15 is 0 Å². The number of carbonyl (C=O) groups is 1. The Labute approximate surface area is 121 Å². The van der Waals surface area contributed by atoms with Gasteiger partial charge in [0.1, 0.15) is 5.82 Å². The summed E-state index contributed by atoms with van der Waals surface area (Å²) in [6.07, 6.45) is -2.08. The molecular weight excluding hydrogens is 285 g/mol. The molecule has 0 aromatic carbocycles. The SMILES string of the molecule is CC(C)(CCNc1ncccc1C(F)(F)F)CCC(=O)O. The van der Waals surface area contributed by atoms with E-state index in [-0.39, 0.29) is 17.7 Å². The lowest BCUT2D eigenvalue weighted by molar-refractivity contribution is -0.138. The molecule has 1 aromatic heterocycles. The predicted molar refractivity (Wildman–Crippen MR) is 73.0 cm³/mol. The monoisotopic (exact) mass is 304 g/mol. The van der Waals surface area contributed by atoms with Gasteiger partial charge >= 0.3 is 12.1 Å². The lowest BCUT2D eigenvalue weighted by Gasteiger charge is -2.24. The Morgan fingerprint density at radius 3 is 2.57 bits per heavy atom. The first-order valence-electron chi connectivity index (χ1n) is 6.60. The summed E-state index contributed by atoms with van der Waals surface area (Å²) in [5.74, 6) is -1.07. The average molecular weight is 304 g/mol.